The molecule has 2 rings (SSSR count). The van der Waals surface area contributed by atoms with Gasteiger partial charge in [-0.3, -0.25) is 9.59 Å². The van der Waals surface area contributed by atoms with Crippen molar-refractivity contribution < 1.29 is 14.3 Å². The van der Waals surface area contributed by atoms with Gasteiger partial charge in [-0.2, -0.15) is 10.5 Å². The summed E-state index contributed by atoms with van der Waals surface area (Å²) in [6.07, 6.45) is 0.499. The number of nitrogens with one attached hydrogen (secondary N) is 1. The zero-order chi connectivity index (χ0) is 27.5. The van der Waals surface area contributed by atoms with Gasteiger partial charge in [-0.25, -0.2) is 4.98 Å². The molecule has 0 radical (unpaired) electrons. The topological polar surface area (TPSA) is 145 Å². The molecule has 0 saturated heterocycles. The number of nitrogens with zero attached hydrogens (tertiary/aromatic N) is 4. The molecule has 10 heteroatoms. The molecule has 0 aliphatic heterocycles. The van der Waals surface area contributed by atoms with Crippen LogP contribution in [0.25, 0.3) is 0 Å². The van der Waals surface area contributed by atoms with Gasteiger partial charge in [-0.1, -0.05) is 45.0 Å². The zero-order valence-electron chi connectivity index (χ0n) is 22.0. The van der Waals surface area contributed by atoms with E-state index in [1.54, 1.807) is 11.9 Å². The number of anilines is 1. The Balaban J connectivity index is 2.23. The van der Waals surface area contributed by atoms with Crippen molar-refractivity contribution in [3.8, 4) is 12.1 Å². The number of pyridine rings is 1. The maximum Gasteiger partial charge on any atom is 0.323 e. The lowest BCUT2D eigenvalue weighted by Crippen LogP contribution is -2.38. The van der Waals surface area contributed by atoms with Crippen molar-refractivity contribution in [3.05, 3.63) is 52.1 Å². The Kier molecular flexibility index (Phi) is 11.4. The molecule has 0 bridgehead atoms. The number of ether oxygens (including phenoxy) is 1. The first-order chi connectivity index (χ1) is 17.6. The number of hydrogen-bond donors (Lipinski definition) is 2. The predicted molar refractivity (Wildman–Crippen MR) is 144 cm³/mol. The summed E-state index contributed by atoms with van der Waals surface area (Å²) in [5.41, 5.74) is 9.27. The van der Waals surface area contributed by atoms with E-state index in [1.165, 1.54) is 18.7 Å². The number of carbonyl (C=O) groups excluding carboxylic acids is 2. The van der Waals surface area contributed by atoms with Crippen LogP contribution in [0.4, 0.5) is 5.82 Å². The third-order valence-electron chi connectivity index (χ3n) is 5.79. The summed E-state index contributed by atoms with van der Waals surface area (Å²) in [4.78, 5) is 29.7. The molecule has 1 amide bonds. The maximum absolute atomic E-state index is 12.1. The van der Waals surface area contributed by atoms with Crippen LogP contribution in [0.1, 0.15) is 55.5 Å². The second-order valence-corrected chi connectivity index (χ2v) is 9.88. The van der Waals surface area contributed by atoms with E-state index in [0.29, 0.717) is 52.8 Å². The number of amides is 1. The van der Waals surface area contributed by atoms with Gasteiger partial charge in [0.15, 0.2) is 0 Å². The molecule has 0 unspecified atom stereocenters. The van der Waals surface area contributed by atoms with E-state index < -0.39 is 12.0 Å². The van der Waals surface area contributed by atoms with Gasteiger partial charge in [0.05, 0.1) is 17.7 Å². The zero-order valence-corrected chi connectivity index (χ0v) is 22.8. The molecule has 1 aromatic carbocycles. The van der Waals surface area contributed by atoms with Crippen LogP contribution in [0.2, 0.25) is 0 Å². The van der Waals surface area contributed by atoms with Gasteiger partial charge in [-0.05, 0) is 29.0 Å². The quantitative estimate of drug-likeness (QED) is 0.317. The molecule has 3 N–H and O–H groups in total. The number of likely N-dealkylation sites (N-methyl/N-ethyl adjacent to an activating group) is 1. The summed E-state index contributed by atoms with van der Waals surface area (Å²) in [6, 6.07) is 11.6. The Morgan fingerprint density at radius 3 is 2.32 bits per heavy atom. The number of nitrogens with two attached hydrogens (primary N) is 1. The lowest BCUT2D eigenvalue weighted by molar-refractivity contribution is -0.146. The Hall–Kier alpha value is -3.60. The van der Waals surface area contributed by atoms with Crippen LogP contribution in [0.15, 0.2) is 29.3 Å². The summed E-state index contributed by atoms with van der Waals surface area (Å²) < 4.78 is 5.31. The summed E-state index contributed by atoms with van der Waals surface area (Å²) in [5, 5.41) is 23.1. The van der Waals surface area contributed by atoms with Crippen molar-refractivity contribution in [2.24, 2.45) is 11.7 Å². The number of carbonyl (C=O) groups is 2. The lowest BCUT2D eigenvalue weighted by atomic mass is 10.0. The number of thioether (sulfide) groups is 1. The van der Waals surface area contributed by atoms with Crippen molar-refractivity contribution in [3.63, 3.8) is 0 Å². The minimum absolute atomic E-state index is 0.0317. The minimum atomic E-state index is -0.692. The van der Waals surface area contributed by atoms with E-state index in [9.17, 15) is 20.1 Å². The van der Waals surface area contributed by atoms with E-state index >= 15 is 0 Å². The first-order valence-electron chi connectivity index (χ1n) is 12.1. The van der Waals surface area contributed by atoms with E-state index in [4.69, 9.17) is 15.5 Å². The van der Waals surface area contributed by atoms with Gasteiger partial charge >= 0.3 is 5.97 Å². The van der Waals surface area contributed by atoms with Gasteiger partial charge in [0.25, 0.3) is 0 Å². The number of nitriles is 2. The molecular formula is C27H34N6O3S. The molecule has 2 aromatic rings. The van der Waals surface area contributed by atoms with Crippen LogP contribution in [-0.4, -0.2) is 43.1 Å². The van der Waals surface area contributed by atoms with Gasteiger partial charge in [0.2, 0.25) is 5.91 Å². The highest BCUT2D eigenvalue weighted by molar-refractivity contribution is 7.98. The second kappa shape index (κ2) is 14.2. The third-order valence-corrected chi connectivity index (χ3v) is 6.84. The molecule has 9 nitrogen and oxygen atoms in total. The third kappa shape index (κ3) is 8.21. The highest BCUT2D eigenvalue weighted by Crippen LogP contribution is 2.33. The van der Waals surface area contributed by atoms with E-state index in [-0.39, 0.29) is 18.4 Å². The second-order valence-electron chi connectivity index (χ2n) is 8.92. The smallest absolute Gasteiger partial charge is 0.323 e. The normalized spacial score (nSPS) is 11.4. The van der Waals surface area contributed by atoms with E-state index in [1.807, 2.05) is 45.0 Å². The molecule has 0 aliphatic rings. The van der Waals surface area contributed by atoms with E-state index in [0.717, 1.165) is 11.1 Å². The molecule has 1 heterocycles. The van der Waals surface area contributed by atoms with Crippen LogP contribution < -0.4 is 16.0 Å². The van der Waals surface area contributed by atoms with Gasteiger partial charge in [0, 0.05) is 26.3 Å². The number of aromatic nitrogens is 1. The van der Waals surface area contributed by atoms with Crippen molar-refractivity contribution in [2.45, 2.75) is 57.5 Å². The molecule has 1 atom stereocenters. The Morgan fingerprint density at radius 2 is 1.78 bits per heavy atom. The SMILES string of the molecule is CCc1c(C#N)c(SCc2ccc(CNC(C)=O)cc2)nc(N(C)CCOC(=O)[C@@H](N)C(C)C)c1C#N. The largest absolute Gasteiger partial charge is 0.463 e. The first kappa shape index (κ1) is 29.6. The standard InChI is InChI=1S/C27H34N6O3S/c1-6-21-22(13-28)25(33(5)11-12-36-27(35)24(30)17(2)3)32-26(23(21)14-29)37-16-20-9-7-19(8-10-20)15-31-18(4)34/h7-10,17,24H,6,11-12,15-16,30H2,1-5H3,(H,31,34)/t24-/m0/s1. The predicted octanol–water partition coefficient (Wildman–Crippen LogP) is 3.28. The van der Waals surface area contributed by atoms with Gasteiger partial charge in [-0.15, -0.1) is 11.8 Å². The molecule has 1 aromatic heterocycles. The lowest BCUT2D eigenvalue weighted by Gasteiger charge is -2.23. The van der Waals surface area contributed by atoms with Crippen LogP contribution in [0.5, 0.6) is 0 Å². The number of hydrogen-bond acceptors (Lipinski definition) is 9. The van der Waals surface area contributed by atoms with Crippen molar-refractivity contribution >= 4 is 29.5 Å². The van der Waals surface area contributed by atoms with Crippen molar-refractivity contribution in [1.82, 2.24) is 10.3 Å². The fraction of sp³-hybridized carbons (Fsp3) is 0.444. The molecule has 37 heavy (non-hydrogen) atoms. The minimum Gasteiger partial charge on any atom is -0.463 e. The molecule has 196 valence electrons. The molecule has 0 saturated carbocycles. The molecule has 0 spiro atoms. The summed E-state index contributed by atoms with van der Waals surface area (Å²) in [5.74, 6) is 0.433. The summed E-state index contributed by atoms with van der Waals surface area (Å²) in [7, 11) is 1.77. The molecular weight excluding hydrogens is 488 g/mol. The number of benzene rings is 1. The van der Waals surface area contributed by atoms with E-state index in [2.05, 4.69) is 17.5 Å². The molecule has 0 fully saturated rings. The Morgan fingerprint density at radius 1 is 1.16 bits per heavy atom. The molecule has 0 aliphatic carbocycles. The first-order valence-corrected chi connectivity index (χ1v) is 13.1. The Bertz CT molecular complexity index is 1180. The van der Waals surface area contributed by atoms with Crippen molar-refractivity contribution in [2.75, 3.05) is 25.1 Å². The number of esters is 1. The monoisotopic (exact) mass is 522 g/mol. The summed E-state index contributed by atoms with van der Waals surface area (Å²) >= 11 is 1.42. The number of rotatable bonds is 12. The highest BCUT2D eigenvalue weighted by atomic mass is 32.2. The van der Waals surface area contributed by atoms with Crippen LogP contribution in [0.3, 0.4) is 0 Å². The summed E-state index contributed by atoms with van der Waals surface area (Å²) in [6.45, 7) is 7.95. The average Bonchev–Trinajstić information content (AvgIpc) is 2.89. The van der Waals surface area contributed by atoms with Crippen molar-refractivity contribution in [1.29, 1.82) is 10.5 Å². The van der Waals surface area contributed by atoms with Crippen LogP contribution in [0, 0.1) is 28.6 Å². The van der Waals surface area contributed by atoms with Crippen LogP contribution >= 0.6 is 11.8 Å². The maximum atomic E-state index is 12.1. The average molecular weight is 523 g/mol. The van der Waals surface area contributed by atoms with Gasteiger partial charge < -0.3 is 20.7 Å². The fourth-order valence-electron chi connectivity index (χ4n) is 3.45. The Labute approximate surface area is 223 Å². The van der Waals surface area contributed by atoms with Crippen LogP contribution in [-0.2, 0) is 33.0 Å². The highest BCUT2D eigenvalue weighted by Gasteiger charge is 2.23. The fourth-order valence-corrected chi connectivity index (χ4v) is 4.41. The van der Waals surface area contributed by atoms with Gasteiger partial charge in [0.1, 0.15) is 35.6 Å².